The number of nitrogens with two attached hydrogens (primary N) is 1. The van der Waals surface area contributed by atoms with Gasteiger partial charge in [0.25, 0.3) is 0 Å². The molecule has 1 atom stereocenters. The van der Waals surface area contributed by atoms with Gasteiger partial charge in [0.2, 0.25) is 0 Å². The minimum Gasteiger partial charge on any atom is -0.486 e. The van der Waals surface area contributed by atoms with Gasteiger partial charge in [0, 0.05) is 5.56 Å². The third-order valence-corrected chi connectivity index (χ3v) is 2.96. The van der Waals surface area contributed by atoms with Crippen LogP contribution in [-0.4, -0.2) is 4.99 Å². The van der Waals surface area contributed by atoms with Crippen LogP contribution in [0.15, 0.2) is 54.6 Å². The molecule has 2 nitrogen and oxygen atoms in total. The molecule has 2 N–H and O–H groups in total. The molecule has 0 spiro atoms. The number of ether oxygens (including phenoxy) is 1. The number of benzene rings is 2. The Hall–Kier alpha value is -1.87. The quantitative estimate of drug-likeness (QED) is 0.852. The zero-order valence-corrected chi connectivity index (χ0v) is 11.0. The van der Waals surface area contributed by atoms with Gasteiger partial charge in [-0.1, -0.05) is 42.5 Å². The van der Waals surface area contributed by atoms with Crippen LogP contribution < -0.4 is 10.5 Å². The molecule has 0 amide bonds. The lowest BCUT2D eigenvalue weighted by molar-refractivity contribution is 0.227. The summed E-state index contributed by atoms with van der Waals surface area (Å²) in [6.45, 7) is 2.02. The molecule has 0 aliphatic heterocycles. The SMILES string of the molecule is CC(Oc1ccc(C(N)=S)cc1)c1ccccc1. The Morgan fingerprint density at radius 2 is 1.67 bits per heavy atom. The summed E-state index contributed by atoms with van der Waals surface area (Å²) in [7, 11) is 0. The molecule has 0 aliphatic rings. The van der Waals surface area contributed by atoms with Gasteiger partial charge < -0.3 is 10.5 Å². The maximum Gasteiger partial charge on any atom is 0.121 e. The molecule has 2 aromatic rings. The van der Waals surface area contributed by atoms with Crippen molar-refractivity contribution in [3.05, 3.63) is 65.7 Å². The molecule has 0 aliphatic carbocycles. The van der Waals surface area contributed by atoms with Gasteiger partial charge in [-0.25, -0.2) is 0 Å². The third-order valence-electron chi connectivity index (χ3n) is 2.72. The highest BCUT2D eigenvalue weighted by atomic mass is 32.1. The van der Waals surface area contributed by atoms with Crippen LogP contribution in [0.3, 0.4) is 0 Å². The summed E-state index contributed by atoms with van der Waals surface area (Å²) in [6.07, 6.45) is 0.0156. The second kappa shape index (κ2) is 5.65. The Labute approximate surface area is 112 Å². The number of thiocarbonyl (C=S) groups is 1. The first-order valence-electron chi connectivity index (χ1n) is 5.78. The normalized spacial score (nSPS) is 11.8. The molecule has 0 saturated carbocycles. The van der Waals surface area contributed by atoms with Crippen molar-refractivity contribution in [2.24, 2.45) is 5.73 Å². The van der Waals surface area contributed by atoms with E-state index >= 15 is 0 Å². The van der Waals surface area contributed by atoms with E-state index in [9.17, 15) is 0 Å². The molecule has 18 heavy (non-hydrogen) atoms. The Bertz CT molecular complexity index is 522. The van der Waals surface area contributed by atoms with Crippen LogP contribution >= 0.6 is 12.2 Å². The van der Waals surface area contributed by atoms with Crippen molar-refractivity contribution in [1.82, 2.24) is 0 Å². The maximum atomic E-state index is 5.85. The molecule has 3 heteroatoms. The summed E-state index contributed by atoms with van der Waals surface area (Å²) in [5.41, 5.74) is 7.55. The second-order valence-corrected chi connectivity index (χ2v) is 4.50. The standard InChI is InChI=1S/C15H15NOS/c1-11(12-5-3-2-4-6-12)17-14-9-7-13(8-10-14)15(16)18/h2-11H,1H3,(H2,16,18). The number of hydrogen-bond donors (Lipinski definition) is 1. The average molecular weight is 257 g/mol. The van der Waals surface area contributed by atoms with Crippen LogP contribution in [-0.2, 0) is 0 Å². The summed E-state index contributed by atoms with van der Waals surface area (Å²) in [5, 5.41) is 0. The van der Waals surface area contributed by atoms with Crippen molar-refractivity contribution < 1.29 is 4.74 Å². The zero-order chi connectivity index (χ0) is 13.0. The lowest BCUT2D eigenvalue weighted by atomic mass is 10.1. The minimum atomic E-state index is 0.0156. The van der Waals surface area contributed by atoms with Crippen molar-refractivity contribution in [3.63, 3.8) is 0 Å². The van der Waals surface area contributed by atoms with E-state index in [2.05, 4.69) is 0 Å². The smallest absolute Gasteiger partial charge is 0.121 e. The van der Waals surface area contributed by atoms with E-state index in [1.165, 1.54) is 0 Å². The Balaban J connectivity index is 2.08. The van der Waals surface area contributed by atoms with Crippen molar-refractivity contribution in [3.8, 4) is 5.75 Å². The van der Waals surface area contributed by atoms with Crippen molar-refractivity contribution >= 4 is 17.2 Å². The molecule has 2 rings (SSSR count). The lowest BCUT2D eigenvalue weighted by Crippen LogP contribution is -2.09. The largest absolute Gasteiger partial charge is 0.486 e. The van der Waals surface area contributed by atoms with E-state index in [0.717, 1.165) is 16.9 Å². The van der Waals surface area contributed by atoms with Crippen LogP contribution in [0.4, 0.5) is 0 Å². The molecule has 0 fully saturated rings. The van der Waals surface area contributed by atoms with Gasteiger partial charge in [-0.05, 0) is 36.8 Å². The van der Waals surface area contributed by atoms with Crippen LogP contribution in [0, 0.1) is 0 Å². The highest BCUT2D eigenvalue weighted by molar-refractivity contribution is 7.80. The summed E-state index contributed by atoms with van der Waals surface area (Å²) >= 11 is 4.91. The van der Waals surface area contributed by atoms with E-state index in [-0.39, 0.29) is 6.10 Å². The molecule has 0 radical (unpaired) electrons. The Morgan fingerprint density at radius 1 is 1.06 bits per heavy atom. The van der Waals surface area contributed by atoms with Gasteiger partial charge in [-0.15, -0.1) is 0 Å². The van der Waals surface area contributed by atoms with Crippen molar-refractivity contribution in [1.29, 1.82) is 0 Å². The van der Waals surface area contributed by atoms with E-state index in [4.69, 9.17) is 22.7 Å². The van der Waals surface area contributed by atoms with Crippen LogP contribution in [0.25, 0.3) is 0 Å². The number of rotatable bonds is 4. The first kappa shape index (κ1) is 12.6. The Kier molecular flexibility index (Phi) is 3.95. The third kappa shape index (κ3) is 3.08. The Morgan fingerprint density at radius 3 is 2.22 bits per heavy atom. The monoisotopic (exact) mass is 257 g/mol. The lowest BCUT2D eigenvalue weighted by Gasteiger charge is -2.15. The maximum absolute atomic E-state index is 5.85. The predicted molar refractivity (Wildman–Crippen MR) is 77.8 cm³/mol. The fourth-order valence-corrected chi connectivity index (χ4v) is 1.83. The van der Waals surface area contributed by atoms with E-state index < -0.39 is 0 Å². The molecular formula is C15H15NOS. The fraction of sp³-hybridized carbons (Fsp3) is 0.133. The van der Waals surface area contributed by atoms with E-state index in [0.29, 0.717) is 4.99 Å². The van der Waals surface area contributed by atoms with Crippen LogP contribution in [0.1, 0.15) is 24.2 Å². The van der Waals surface area contributed by atoms with Gasteiger partial charge in [0.15, 0.2) is 0 Å². The summed E-state index contributed by atoms with van der Waals surface area (Å²) in [5.74, 6) is 0.811. The van der Waals surface area contributed by atoms with Crippen LogP contribution in [0.2, 0.25) is 0 Å². The molecule has 0 aromatic heterocycles. The molecule has 0 heterocycles. The zero-order valence-electron chi connectivity index (χ0n) is 10.2. The molecule has 0 saturated heterocycles. The first-order valence-corrected chi connectivity index (χ1v) is 6.19. The first-order chi connectivity index (χ1) is 8.66. The van der Waals surface area contributed by atoms with E-state index in [1.54, 1.807) is 0 Å². The fourth-order valence-electron chi connectivity index (χ4n) is 1.69. The summed E-state index contributed by atoms with van der Waals surface area (Å²) in [6, 6.07) is 17.6. The van der Waals surface area contributed by atoms with Crippen LogP contribution in [0.5, 0.6) is 5.75 Å². The highest BCUT2D eigenvalue weighted by Gasteiger charge is 2.06. The molecule has 2 aromatic carbocycles. The number of hydrogen-bond acceptors (Lipinski definition) is 2. The van der Waals surface area contributed by atoms with Crippen molar-refractivity contribution in [2.75, 3.05) is 0 Å². The molecular weight excluding hydrogens is 242 g/mol. The summed E-state index contributed by atoms with van der Waals surface area (Å²) < 4.78 is 5.85. The van der Waals surface area contributed by atoms with E-state index in [1.807, 2.05) is 61.5 Å². The average Bonchev–Trinajstić information content (AvgIpc) is 2.40. The van der Waals surface area contributed by atoms with Gasteiger partial charge in [-0.2, -0.15) is 0 Å². The minimum absolute atomic E-state index is 0.0156. The molecule has 92 valence electrons. The van der Waals surface area contributed by atoms with Gasteiger partial charge in [0.1, 0.15) is 16.8 Å². The topological polar surface area (TPSA) is 35.2 Å². The van der Waals surface area contributed by atoms with Crippen molar-refractivity contribution in [2.45, 2.75) is 13.0 Å². The predicted octanol–water partition coefficient (Wildman–Crippen LogP) is 3.46. The van der Waals surface area contributed by atoms with Gasteiger partial charge in [0.05, 0.1) is 0 Å². The molecule has 1 unspecified atom stereocenters. The van der Waals surface area contributed by atoms with Gasteiger partial charge >= 0.3 is 0 Å². The summed E-state index contributed by atoms with van der Waals surface area (Å²) in [4.78, 5) is 0.401. The second-order valence-electron chi connectivity index (χ2n) is 4.06. The molecule has 0 bridgehead atoms. The highest BCUT2D eigenvalue weighted by Crippen LogP contribution is 2.21. The van der Waals surface area contributed by atoms with Gasteiger partial charge in [-0.3, -0.25) is 0 Å².